The molecule has 0 atom stereocenters. The maximum Gasteiger partial charge on any atom is 0.223 e. The fourth-order valence-corrected chi connectivity index (χ4v) is 2.57. The van der Waals surface area contributed by atoms with Gasteiger partial charge >= 0.3 is 0 Å². The molecule has 2 aromatic rings. The first kappa shape index (κ1) is 12.4. The molecule has 0 aliphatic heterocycles. The highest BCUT2D eigenvalue weighted by atomic mass is 32.1. The summed E-state index contributed by atoms with van der Waals surface area (Å²) in [6.45, 7) is 3.40. The van der Waals surface area contributed by atoms with E-state index in [2.05, 4.69) is 29.4 Å². The Morgan fingerprint density at radius 2 is 2.32 bits per heavy atom. The first-order valence-corrected chi connectivity index (χ1v) is 7.03. The highest BCUT2D eigenvalue weighted by Gasteiger charge is 2.29. The smallest absolute Gasteiger partial charge is 0.223 e. The van der Waals surface area contributed by atoms with E-state index in [-0.39, 0.29) is 11.8 Å². The summed E-state index contributed by atoms with van der Waals surface area (Å²) in [5, 5.41) is 2.97. The van der Waals surface area contributed by atoms with E-state index in [9.17, 15) is 4.79 Å². The van der Waals surface area contributed by atoms with Gasteiger partial charge < -0.3 is 14.9 Å². The second-order valence-corrected chi connectivity index (χ2v) is 5.55. The normalized spacial score (nSPS) is 14.8. The lowest BCUT2D eigenvalue weighted by Gasteiger charge is -2.06. The number of nitrogens with one attached hydrogen (secondary N) is 2. The summed E-state index contributed by atoms with van der Waals surface area (Å²) in [7, 11) is 0. The Morgan fingerprint density at radius 1 is 1.53 bits per heavy atom. The van der Waals surface area contributed by atoms with Crippen molar-refractivity contribution in [3.8, 4) is 0 Å². The van der Waals surface area contributed by atoms with Gasteiger partial charge in [-0.05, 0) is 49.7 Å². The van der Waals surface area contributed by atoms with E-state index in [0.717, 1.165) is 23.9 Å². The molecule has 1 amide bonds. The number of amides is 1. The molecule has 1 aliphatic rings. The third kappa shape index (κ3) is 2.56. The Bertz CT molecular complexity index is 682. The number of benzene rings is 1. The van der Waals surface area contributed by atoms with Crippen molar-refractivity contribution in [2.24, 2.45) is 5.92 Å². The molecule has 1 aliphatic carbocycles. The van der Waals surface area contributed by atoms with Crippen molar-refractivity contribution in [2.45, 2.75) is 26.3 Å². The summed E-state index contributed by atoms with van der Waals surface area (Å²) in [4.78, 5) is 14.8. The van der Waals surface area contributed by atoms with Crippen molar-refractivity contribution in [1.29, 1.82) is 0 Å². The van der Waals surface area contributed by atoms with E-state index in [1.807, 2.05) is 10.6 Å². The molecule has 1 aromatic heterocycles. The van der Waals surface area contributed by atoms with Crippen molar-refractivity contribution < 1.29 is 4.79 Å². The predicted octanol–water partition coefficient (Wildman–Crippen LogP) is 2.53. The molecule has 1 fully saturated rings. The maximum absolute atomic E-state index is 11.6. The fraction of sp³-hybridized carbons (Fsp3) is 0.429. The molecule has 19 heavy (non-hydrogen) atoms. The van der Waals surface area contributed by atoms with Crippen molar-refractivity contribution in [3.05, 3.63) is 28.5 Å². The molecule has 0 bridgehead atoms. The monoisotopic (exact) mass is 275 g/mol. The van der Waals surface area contributed by atoms with Gasteiger partial charge in [-0.3, -0.25) is 4.79 Å². The van der Waals surface area contributed by atoms with Gasteiger partial charge in [-0.25, -0.2) is 0 Å². The van der Waals surface area contributed by atoms with Gasteiger partial charge in [0.15, 0.2) is 4.77 Å². The maximum atomic E-state index is 11.6. The lowest BCUT2D eigenvalue weighted by Crippen LogP contribution is -2.28. The molecule has 4 nitrogen and oxygen atoms in total. The Kier molecular flexibility index (Phi) is 3.14. The number of imidazole rings is 1. The molecule has 0 saturated heterocycles. The topological polar surface area (TPSA) is 49.8 Å². The summed E-state index contributed by atoms with van der Waals surface area (Å²) < 4.78 is 2.76. The molecular formula is C14H17N3OS. The summed E-state index contributed by atoms with van der Waals surface area (Å²) in [5.41, 5.74) is 3.35. The molecule has 5 heteroatoms. The zero-order valence-corrected chi connectivity index (χ0v) is 11.7. The van der Waals surface area contributed by atoms with Crippen LogP contribution in [0.1, 0.15) is 18.4 Å². The summed E-state index contributed by atoms with van der Waals surface area (Å²) in [6, 6.07) is 6.22. The number of fused-ring (bicyclic) bond motifs is 1. The fourth-order valence-electron chi connectivity index (χ4n) is 2.27. The first-order chi connectivity index (χ1) is 9.15. The molecule has 0 radical (unpaired) electrons. The van der Waals surface area contributed by atoms with Crippen LogP contribution in [0.2, 0.25) is 0 Å². The Balaban J connectivity index is 1.76. The van der Waals surface area contributed by atoms with Crippen molar-refractivity contribution >= 4 is 29.2 Å². The zero-order valence-electron chi connectivity index (χ0n) is 10.9. The largest absolute Gasteiger partial charge is 0.354 e. The van der Waals surface area contributed by atoms with Crippen LogP contribution in [0.15, 0.2) is 18.2 Å². The van der Waals surface area contributed by atoms with E-state index in [1.165, 1.54) is 5.56 Å². The van der Waals surface area contributed by atoms with Gasteiger partial charge in [0.05, 0.1) is 11.0 Å². The Hall–Kier alpha value is -1.62. The van der Waals surface area contributed by atoms with E-state index in [1.54, 1.807) is 0 Å². The van der Waals surface area contributed by atoms with Crippen molar-refractivity contribution in [3.63, 3.8) is 0 Å². The summed E-state index contributed by atoms with van der Waals surface area (Å²) >= 11 is 5.33. The van der Waals surface area contributed by atoms with Gasteiger partial charge in [-0.2, -0.15) is 0 Å². The van der Waals surface area contributed by atoms with Crippen LogP contribution in [-0.4, -0.2) is 22.0 Å². The van der Waals surface area contributed by atoms with Crippen LogP contribution in [-0.2, 0) is 11.3 Å². The lowest BCUT2D eigenvalue weighted by molar-refractivity contribution is -0.122. The Morgan fingerprint density at radius 3 is 3.05 bits per heavy atom. The van der Waals surface area contributed by atoms with Crippen LogP contribution in [0.3, 0.4) is 0 Å². The van der Waals surface area contributed by atoms with Crippen molar-refractivity contribution in [2.75, 3.05) is 6.54 Å². The van der Waals surface area contributed by atoms with Crippen LogP contribution in [0.4, 0.5) is 0 Å². The highest BCUT2D eigenvalue weighted by molar-refractivity contribution is 7.71. The third-order valence-electron chi connectivity index (χ3n) is 3.51. The molecule has 2 N–H and O–H groups in total. The number of hydrogen-bond acceptors (Lipinski definition) is 2. The number of nitrogens with zero attached hydrogens (tertiary/aromatic N) is 1. The Labute approximate surface area is 116 Å². The molecule has 1 aromatic carbocycles. The van der Waals surface area contributed by atoms with Gasteiger partial charge in [0.2, 0.25) is 5.91 Å². The van der Waals surface area contributed by atoms with Crippen LogP contribution >= 0.6 is 12.2 Å². The van der Waals surface area contributed by atoms with E-state index >= 15 is 0 Å². The SMILES string of the molecule is Cc1ccc2[nH]c(=S)n(CCNC(=O)C3CC3)c2c1. The van der Waals surface area contributed by atoms with Crippen LogP contribution in [0, 0.1) is 17.6 Å². The number of aryl methyl sites for hydroxylation is 1. The lowest BCUT2D eigenvalue weighted by atomic mass is 10.2. The molecule has 3 rings (SSSR count). The van der Waals surface area contributed by atoms with Gasteiger partial charge in [0.25, 0.3) is 0 Å². The molecular weight excluding hydrogens is 258 g/mol. The number of carbonyl (C=O) groups excluding carboxylic acids is 1. The molecule has 0 spiro atoms. The highest BCUT2D eigenvalue weighted by Crippen LogP contribution is 2.28. The summed E-state index contributed by atoms with van der Waals surface area (Å²) in [5.74, 6) is 0.445. The second-order valence-electron chi connectivity index (χ2n) is 5.17. The number of rotatable bonds is 4. The number of H-pyrrole nitrogens is 1. The van der Waals surface area contributed by atoms with E-state index in [0.29, 0.717) is 17.9 Å². The number of aromatic nitrogens is 2. The summed E-state index contributed by atoms with van der Waals surface area (Å²) in [6.07, 6.45) is 2.08. The van der Waals surface area contributed by atoms with Crippen LogP contribution in [0.5, 0.6) is 0 Å². The predicted molar refractivity (Wildman–Crippen MR) is 77.6 cm³/mol. The minimum absolute atomic E-state index is 0.183. The standard InChI is InChI=1S/C14H17N3OS/c1-9-2-5-11-12(8-9)17(14(19)16-11)7-6-15-13(18)10-3-4-10/h2,5,8,10H,3-4,6-7H2,1H3,(H,15,18)(H,16,19). The van der Waals surface area contributed by atoms with Crippen molar-refractivity contribution in [1.82, 2.24) is 14.9 Å². The van der Waals surface area contributed by atoms with Crippen LogP contribution < -0.4 is 5.32 Å². The van der Waals surface area contributed by atoms with E-state index in [4.69, 9.17) is 12.2 Å². The van der Waals surface area contributed by atoms with Gasteiger partial charge in [0, 0.05) is 19.0 Å². The molecule has 0 unspecified atom stereocenters. The van der Waals surface area contributed by atoms with Gasteiger partial charge in [0.1, 0.15) is 0 Å². The van der Waals surface area contributed by atoms with Gasteiger partial charge in [-0.15, -0.1) is 0 Å². The average molecular weight is 275 g/mol. The van der Waals surface area contributed by atoms with E-state index < -0.39 is 0 Å². The molecule has 100 valence electrons. The minimum atomic E-state index is 0.183. The average Bonchev–Trinajstić information content (AvgIpc) is 3.17. The quantitative estimate of drug-likeness (QED) is 0.842. The van der Waals surface area contributed by atoms with Crippen LogP contribution in [0.25, 0.3) is 11.0 Å². The molecule has 1 saturated carbocycles. The zero-order chi connectivity index (χ0) is 13.4. The first-order valence-electron chi connectivity index (χ1n) is 6.62. The molecule has 1 heterocycles. The number of hydrogen-bond donors (Lipinski definition) is 2. The number of carbonyl (C=O) groups is 1. The minimum Gasteiger partial charge on any atom is -0.354 e. The van der Waals surface area contributed by atoms with Gasteiger partial charge in [-0.1, -0.05) is 6.07 Å². The number of aromatic amines is 1. The second kappa shape index (κ2) is 4.81. The third-order valence-corrected chi connectivity index (χ3v) is 3.84.